The second-order valence-corrected chi connectivity index (χ2v) is 5.58. The number of aromatic nitrogens is 1. The Morgan fingerprint density at radius 1 is 1.45 bits per heavy atom. The number of nitrogen functional groups attached to an aromatic ring is 1. The first kappa shape index (κ1) is 13.7. The van der Waals surface area contributed by atoms with E-state index in [9.17, 15) is 15.3 Å². The summed E-state index contributed by atoms with van der Waals surface area (Å²) in [6.45, 7) is -0.514. The lowest BCUT2D eigenvalue weighted by atomic mass is 10.0. The Bertz CT molecular complexity index is 648. The van der Waals surface area contributed by atoms with Gasteiger partial charge in [0.05, 0.1) is 17.0 Å². The van der Waals surface area contributed by atoms with Gasteiger partial charge in [0.25, 0.3) is 0 Å². The average Bonchev–Trinajstić information content (AvgIpc) is 2.96. The molecule has 8 heteroatoms. The molecule has 2 aromatic rings. The maximum Gasteiger partial charge on any atom is 0.234 e. The molecular weight excluding hydrogens is 284 g/mol. The maximum absolute atomic E-state index is 10.6. The molecule has 2 aromatic heterocycles. The molecule has 20 heavy (non-hydrogen) atoms. The van der Waals surface area contributed by atoms with Gasteiger partial charge < -0.3 is 30.9 Å². The van der Waals surface area contributed by atoms with Gasteiger partial charge in [-0.05, 0) is 6.07 Å². The van der Waals surface area contributed by atoms with Crippen molar-refractivity contribution in [3.63, 3.8) is 0 Å². The van der Waals surface area contributed by atoms with Crippen molar-refractivity contribution >= 4 is 27.9 Å². The van der Waals surface area contributed by atoms with Crippen LogP contribution in [0.15, 0.2) is 17.6 Å². The number of thiophene rings is 1. The van der Waals surface area contributed by atoms with Crippen LogP contribution in [0.25, 0.3) is 10.9 Å². The second-order valence-electron chi connectivity index (χ2n) is 4.70. The van der Waals surface area contributed by atoms with E-state index in [1.807, 2.05) is 0 Å². The number of nitrogens with zero attached hydrogens (tertiary/aromatic N) is 1. The first-order chi connectivity index (χ1) is 9.49. The number of rotatable bonds is 2. The number of nitrogens with two attached hydrogens (primary N) is 1. The quantitative estimate of drug-likeness (QED) is 0.487. The summed E-state index contributed by atoms with van der Waals surface area (Å²) in [5, 5.41) is 41.8. The van der Waals surface area contributed by atoms with E-state index in [0.29, 0.717) is 16.6 Å². The topological polar surface area (TPSA) is 129 Å². The van der Waals surface area contributed by atoms with Crippen LogP contribution >= 0.6 is 11.3 Å². The molecule has 0 amide bonds. The highest BCUT2D eigenvalue weighted by Crippen LogP contribution is 2.43. The largest absolute Gasteiger partial charge is 0.398 e. The van der Waals surface area contributed by atoms with Gasteiger partial charge in [0, 0.05) is 22.7 Å². The molecule has 0 radical (unpaired) electrons. The third-order valence-electron chi connectivity index (χ3n) is 3.48. The highest BCUT2D eigenvalue weighted by Gasteiger charge is 2.55. The lowest BCUT2D eigenvalue weighted by molar-refractivity contribution is -0.236. The number of anilines is 1. The van der Waals surface area contributed by atoms with Crippen molar-refractivity contribution < 1.29 is 25.2 Å². The Kier molecular flexibility index (Phi) is 3.16. The summed E-state index contributed by atoms with van der Waals surface area (Å²) in [6.07, 6.45) is -2.54. The first-order valence-corrected chi connectivity index (χ1v) is 6.86. The van der Waals surface area contributed by atoms with E-state index in [4.69, 9.17) is 15.6 Å². The molecule has 3 heterocycles. The van der Waals surface area contributed by atoms with Crippen LogP contribution in [-0.2, 0) is 10.5 Å². The van der Waals surface area contributed by atoms with E-state index in [-0.39, 0.29) is 4.88 Å². The molecule has 6 N–H and O–H groups in total. The normalized spacial score (nSPS) is 33.9. The Balaban J connectivity index is 2.13. The Labute approximate surface area is 117 Å². The smallest absolute Gasteiger partial charge is 0.234 e. The van der Waals surface area contributed by atoms with Gasteiger partial charge in [0.15, 0.2) is 0 Å². The average molecular weight is 298 g/mol. The Morgan fingerprint density at radius 2 is 2.20 bits per heavy atom. The minimum absolute atomic E-state index is 0.252. The molecule has 0 bridgehead atoms. The van der Waals surface area contributed by atoms with E-state index in [1.54, 1.807) is 11.4 Å². The van der Waals surface area contributed by atoms with E-state index in [0.717, 1.165) is 11.3 Å². The molecule has 1 aliphatic heterocycles. The van der Waals surface area contributed by atoms with Crippen LogP contribution in [-0.4, -0.2) is 50.3 Å². The summed E-state index contributed by atoms with van der Waals surface area (Å²) >= 11 is 1.12. The standard InChI is InChI=1S/C12H14N2O5S/c13-6-1-2-14-8-5(6)4-20-11(8)12(18)10(17)9(16)7(3-15)19-12/h1-2,4,7,9-10,15-18H,3,13H2/t7-,9-,10-,12?/m1/s1. The van der Waals surface area contributed by atoms with Crippen LogP contribution in [0.3, 0.4) is 0 Å². The highest BCUT2D eigenvalue weighted by atomic mass is 32.1. The number of fused-ring (bicyclic) bond motifs is 1. The predicted molar refractivity (Wildman–Crippen MR) is 71.9 cm³/mol. The lowest BCUT2D eigenvalue weighted by Gasteiger charge is -2.24. The molecule has 1 saturated heterocycles. The van der Waals surface area contributed by atoms with E-state index in [1.165, 1.54) is 6.20 Å². The molecule has 7 nitrogen and oxygen atoms in total. The van der Waals surface area contributed by atoms with Gasteiger partial charge in [0.1, 0.15) is 18.3 Å². The summed E-state index contributed by atoms with van der Waals surface area (Å²) < 4.78 is 5.25. The van der Waals surface area contributed by atoms with Gasteiger partial charge in [0.2, 0.25) is 5.79 Å². The minimum atomic E-state index is -2.11. The van der Waals surface area contributed by atoms with Crippen LogP contribution in [0.1, 0.15) is 4.88 Å². The van der Waals surface area contributed by atoms with Crippen molar-refractivity contribution in [3.8, 4) is 0 Å². The van der Waals surface area contributed by atoms with Gasteiger partial charge in [-0.3, -0.25) is 4.98 Å². The van der Waals surface area contributed by atoms with Gasteiger partial charge >= 0.3 is 0 Å². The zero-order chi connectivity index (χ0) is 14.5. The fourth-order valence-corrected chi connectivity index (χ4v) is 3.45. The van der Waals surface area contributed by atoms with Crippen molar-refractivity contribution in [3.05, 3.63) is 22.5 Å². The van der Waals surface area contributed by atoms with Crippen LogP contribution in [0.4, 0.5) is 5.69 Å². The predicted octanol–water partition coefficient (Wildman–Crippen LogP) is -0.864. The highest BCUT2D eigenvalue weighted by molar-refractivity contribution is 7.11. The minimum Gasteiger partial charge on any atom is -0.398 e. The van der Waals surface area contributed by atoms with Crippen LogP contribution in [0, 0.1) is 0 Å². The lowest BCUT2D eigenvalue weighted by Crippen LogP contribution is -2.40. The molecule has 4 atom stereocenters. The Morgan fingerprint density at radius 3 is 2.85 bits per heavy atom. The molecule has 0 aromatic carbocycles. The molecule has 1 fully saturated rings. The third-order valence-corrected chi connectivity index (χ3v) is 4.55. The Hall–Kier alpha value is -1.29. The SMILES string of the molecule is Nc1ccnc2c(C3(O)O[C@H](CO)[C@@H](O)[C@H]3O)scc12. The van der Waals surface area contributed by atoms with Crippen molar-refractivity contribution in [1.82, 2.24) is 4.98 Å². The molecule has 108 valence electrons. The van der Waals surface area contributed by atoms with Crippen molar-refractivity contribution in [2.45, 2.75) is 24.1 Å². The van der Waals surface area contributed by atoms with E-state index in [2.05, 4.69) is 4.98 Å². The van der Waals surface area contributed by atoms with Crippen LogP contribution in [0.5, 0.6) is 0 Å². The second kappa shape index (κ2) is 4.62. The molecular formula is C12H14N2O5S. The number of pyridine rings is 1. The zero-order valence-electron chi connectivity index (χ0n) is 10.3. The molecule has 1 aliphatic rings. The molecule has 3 rings (SSSR count). The number of aliphatic hydroxyl groups excluding tert-OH is 3. The maximum atomic E-state index is 10.6. The zero-order valence-corrected chi connectivity index (χ0v) is 11.1. The summed E-state index contributed by atoms with van der Waals surface area (Å²) in [7, 11) is 0. The summed E-state index contributed by atoms with van der Waals surface area (Å²) in [5.74, 6) is -2.11. The van der Waals surface area contributed by atoms with Crippen molar-refractivity contribution in [2.75, 3.05) is 12.3 Å². The third kappa shape index (κ3) is 1.74. The van der Waals surface area contributed by atoms with E-state index >= 15 is 0 Å². The molecule has 0 saturated carbocycles. The first-order valence-electron chi connectivity index (χ1n) is 5.98. The van der Waals surface area contributed by atoms with Gasteiger partial charge in [-0.1, -0.05) is 0 Å². The number of hydrogen-bond acceptors (Lipinski definition) is 8. The van der Waals surface area contributed by atoms with Gasteiger partial charge in [-0.2, -0.15) is 0 Å². The fourth-order valence-electron chi connectivity index (χ4n) is 2.36. The number of ether oxygens (including phenoxy) is 1. The van der Waals surface area contributed by atoms with Gasteiger partial charge in [-0.15, -0.1) is 11.3 Å². The summed E-state index contributed by atoms with van der Waals surface area (Å²) in [5.41, 5.74) is 6.72. The molecule has 0 aliphatic carbocycles. The summed E-state index contributed by atoms with van der Waals surface area (Å²) in [6, 6.07) is 1.63. The van der Waals surface area contributed by atoms with Crippen molar-refractivity contribution in [1.29, 1.82) is 0 Å². The summed E-state index contributed by atoms with van der Waals surface area (Å²) in [4.78, 5) is 4.39. The molecule has 0 spiro atoms. The monoisotopic (exact) mass is 298 g/mol. The van der Waals surface area contributed by atoms with Crippen LogP contribution in [0.2, 0.25) is 0 Å². The number of hydrogen-bond donors (Lipinski definition) is 5. The fraction of sp³-hybridized carbons (Fsp3) is 0.417. The molecule has 1 unspecified atom stereocenters. The number of aliphatic hydroxyl groups is 4. The van der Waals surface area contributed by atoms with Crippen LogP contribution < -0.4 is 5.73 Å². The van der Waals surface area contributed by atoms with E-state index < -0.39 is 30.7 Å². The van der Waals surface area contributed by atoms with Crippen molar-refractivity contribution in [2.24, 2.45) is 0 Å². The van der Waals surface area contributed by atoms with Gasteiger partial charge in [-0.25, -0.2) is 0 Å².